The molecule has 0 rings (SSSR count). The van der Waals surface area contributed by atoms with Crippen LogP contribution in [0.25, 0.3) is 0 Å². The molecule has 0 spiro atoms. The van der Waals surface area contributed by atoms with E-state index in [0.29, 0.717) is 0 Å². The highest BCUT2D eigenvalue weighted by Gasteiger charge is 2.04. The summed E-state index contributed by atoms with van der Waals surface area (Å²) in [4.78, 5) is 2.63. The standard InChI is InChI=1S/C30H64N2/c1-3-5-7-9-11-13-15-17-19-21-23-25-28-32(30-27-31)29-26-24-22-20-18-16-14-12-10-8-6-4-2/h3-31H2,1-2H3. The summed E-state index contributed by atoms with van der Waals surface area (Å²) < 4.78 is 0. The predicted molar refractivity (Wildman–Crippen MR) is 148 cm³/mol. The fourth-order valence-corrected chi connectivity index (χ4v) is 4.87. The first kappa shape index (κ1) is 31.9. The monoisotopic (exact) mass is 453 g/mol. The van der Waals surface area contributed by atoms with E-state index in [1.807, 2.05) is 0 Å². The molecule has 0 aromatic carbocycles. The van der Waals surface area contributed by atoms with Gasteiger partial charge >= 0.3 is 0 Å². The molecule has 0 atom stereocenters. The first-order valence-electron chi connectivity index (χ1n) is 15.3. The van der Waals surface area contributed by atoms with E-state index in [1.165, 1.54) is 167 Å². The lowest BCUT2D eigenvalue weighted by Crippen LogP contribution is -2.31. The Morgan fingerprint density at radius 1 is 0.344 bits per heavy atom. The number of nitrogens with zero attached hydrogens (tertiary/aromatic N) is 1. The molecule has 2 N–H and O–H groups in total. The Bertz CT molecular complexity index is 290. The third kappa shape index (κ3) is 26.2. The minimum atomic E-state index is 0.816. The summed E-state index contributed by atoms with van der Waals surface area (Å²) in [6.07, 6.45) is 34.5. The molecule has 0 fully saturated rings. The maximum atomic E-state index is 5.86. The molecule has 2 heteroatoms. The maximum absolute atomic E-state index is 5.86. The third-order valence-corrected chi connectivity index (χ3v) is 7.10. The van der Waals surface area contributed by atoms with Gasteiger partial charge in [0.2, 0.25) is 0 Å². The first-order chi connectivity index (χ1) is 15.8. The minimum Gasteiger partial charge on any atom is -0.329 e. The van der Waals surface area contributed by atoms with E-state index in [0.717, 1.165) is 13.1 Å². The highest BCUT2D eigenvalue weighted by molar-refractivity contribution is 4.60. The van der Waals surface area contributed by atoms with Crippen molar-refractivity contribution in [1.82, 2.24) is 4.90 Å². The smallest absolute Gasteiger partial charge is 0.0105 e. The van der Waals surface area contributed by atoms with E-state index in [9.17, 15) is 0 Å². The molecule has 0 radical (unpaired) electrons. The van der Waals surface area contributed by atoms with E-state index >= 15 is 0 Å². The summed E-state index contributed by atoms with van der Waals surface area (Å²) in [7, 11) is 0. The molecule has 0 aromatic rings. The van der Waals surface area contributed by atoms with Crippen LogP contribution in [0.1, 0.15) is 168 Å². The number of hydrogen-bond donors (Lipinski definition) is 1. The number of rotatable bonds is 28. The molecular formula is C30H64N2. The Hall–Kier alpha value is -0.0800. The van der Waals surface area contributed by atoms with Crippen molar-refractivity contribution >= 4 is 0 Å². The van der Waals surface area contributed by atoms with Crippen LogP contribution in [0.2, 0.25) is 0 Å². The average Bonchev–Trinajstić information content (AvgIpc) is 2.80. The van der Waals surface area contributed by atoms with Crippen LogP contribution in [0, 0.1) is 0 Å². The largest absolute Gasteiger partial charge is 0.329 e. The lowest BCUT2D eigenvalue weighted by molar-refractivity contribution is 0.267. The molecule has 0 bridgehead atoms. The van der Waals surface area contributed by atoms with Crippen molar-refractivity contribution in [2.45, 2.75) is 168 Å². The number of unbranched alkanes of at least 4 members (excludes halogenated alkanes) is 22. The quantitative estimate of drug-likeness (QED) is 0.120. The normalized spacial score (nSPS) is 11.6. The van der Waals surface area contributed by atoms with Crippen molar-refractivity contribution in [2.24, 2.45) is 5.73 Å². The number of hydrogen-bond acceptors (Lipinski definition) is 2. The van der Waals surface area contributed by atoms with Gasteiger partial charge in [0.15, 0.2) is 0 Å². The Labute approximate surface area is 204 Å². The van der Waals surface area contributed by atoms with Crippen molar-refractivity contribution in [2.75, 3.05) is 26.2 Å². The topological polar surface area (TPSA) is 29.3 Å². The second kappa shape index (κ2) is 29.0. The molecule has 0 unspecified atom stereocenters. The molecule has 0 aromatic heterocycles. The molecule has 32 heavy (non-hydrogen) atoms. The van der Waals surface area contributed by atoms with E-state index in [2.05, 4.69) is 18.7 Å². The van der Waals surface area contributed by atoms with E-state index in [4.69, 9.17) is 5.73 Å². The Morgan fingerprint density at radius 2 is 0.594 bits per heavy atom. The van der Waals surface area contributed by atoms with Crippen LogP contribution >= 0.6 is 0 Å². The van der Waals surface area contributed by atoms with Crippen molar-refractivity contribution in [1.29, 1.82) is 0 Å². The average molecular weight is 453 g/mol. The summed E-state index contributed by atoms with van der Waals surface area (Å²) in [6.45, 7) is 9.05. The highest BCUT2D eigenvalue weighted by atomic mass is 15.1. The van der Waals surface area contributed by atoms with Gasteiger partial charge in [0, 0.05) is 13.1 Å². The zero-order valence-electron chi connectivity index (χ0n) is 22.8. The molecule has 2 nitrogen and oxygen atoms in total. The van der Waals surface area contributed by atoms with Crippen molar-refractivity contribution < 1.29 is 0 Å². The summed E-state index contributed by atoms with van der Waals surface area (Å²) in [5.41, 5.74) is 5.86. The minimum absolute atomic E-state index is 0.816. The molecule has 0 aliphatic heterocycles. The highest BCUT2D eigenvalue weighted by Crippen LogP contribution is 2.14. The van der Waals surface area contributed by atoms with Gasteiger partial charge in [0.25, 0.3) is 0 Å². The van der Waals surface area contributed by atoms with E-state index in [1.54, 1.807) is 0 Å². The SMILES string of the molecule is CCCCCCCCCCCCCCN(CCN)CCCCCCCCCCCCCC. The van der Waals surface area contributed by atoms with Gasteiger partial charge < -0.3 is 10.6 Å². The maximum Gasteiger partial charge on any atom is 0.0105 e. The predicted octanol–water partition coefficient (Wildman–Crippen LogP) is 9.65. The Morgan fingerprint density at radius 3 is 0.844 bits per heavy atom. The van der Waals surface area contributed by atoms with Gasteiger partial charge in [-0.2, -0.15) is 0 Å². The summed E-state index contributed by atoms with van der Waals surface area (Å²) in [6, 6.07) is 0. The molecule has 0 saturated carbocycles. The van der Waals surface area contributed by atoms with Crippen LogP contribution in [-0.2, 0) is 0 Å². The fourth-order valence-electron chi connectivity index (χ4n) is 4.87. The van der Waals surface area contributed by atoms with Gasteiger partial charge in [-0.05, 0) is 25.9 Å². The summed E-state index contributed by atoms with van der Waals surface area (Å²) in [5.74, 6) is 0. The zero-order valence-corrected chi connectivity index (χ0v) is 22.8. The molecule has 194 valence electrons. The van der Waals surface area contributed by atoms with Crippen molar-refractivity contribution in [3.8, 4) is 0 Å². The van der Waals surface area contributed by atoms with Gasteiger partial charge in [0.1, 0.15) is 0 Å². The Balaban J connectivity index is 3.39. The first-order valence-corrected chi connectivity index (χ1v) is 15.3. The van der Waals surface area contributed by atoms with Crippen LogP contribution in [0.5, 0.6) is 0 Å². The lowest BCUT2D eigenvalue weighted by Gasteiger charge is -2.21. The molecule has 0 aliphatic rings. The van der Waals surface area contributed by atoms with E-state index < -0.39 is 0 Å². The molecule has 0 aliphatic carbocycles. The lowest BCUT2D eigenvalue weighted by atomic mass is 10.0. The van der Waals surface area contributed by atoms with Gasteiger partial charge in [-0.25, -0.2) is 0 Å². The van der Waals surface area contributed by atoms with Crippen molar-refractivity contribution in [3.63, 3.8) is 0 Å². The number of nitrogens with two attached hydrogens (primary N) is 1. The van der Waals surface area contributed by atoms with Crippen LogP contribution in [0.3, 0.4) is 0 Å². The zero-order chi connectivity index (χ0) is 23.4. The van der Waals surface area contributed by atoms with Gasteiger partial charge in [0.05, 0.1) is 0 Å². The third-order valence-electron chi connectivity index (χ3n) is 7.10. The summed E-state index contributed by atoms with van der Waals surface area (Å²) >= 11 is 0. The van der Waals surface area contributed by atoms with Crippen LogP contribution in [0.4, 0.5) is 0 Å². The summed E-state index contributed by atoms with van der Waals surface area (Å²) in [5, 5.41) is 0. The van der Waals surface area contributed by atoms with Crippen LogP contribution in [-0.4, -0.2) is 31.1 Å². The fraction of sp³-hybridized carbons (Fsp3) is 1.00. The van der Waals surface area contributed by atoms with Crippen LogP contribution in [0.15, 0.2) is 0 Å². The van der Waals surface area contributed by atoms with Gasteiger partial charge in [-0.3, -0.25) is 0 Å². The molecule has 0 saturated heterocycles. The Kier molecular flexibility index (Phi) is 28.9. The second-order valence-corrected chi connectivity index (χ2v) is 10.4. The molecule has 0 amide bonds. The van der Waals surface area contributed by atoms with Crippen LogP contribution < -0.4 is 5.73 Å². The molecular weight excluding hydrogens is 388 g/mol. The van der Waals surface area contributed by atoms with Crippen molar-refractivity contribution in [3.05, 3.63) is 0 Å². The van der Waals surface area contributed by atoms with E-state index in [-0.39, 0.29) is 0 Å². The molecule has 0 heterocycles. The van der Waals surface area contributed by atoms with Gasteiger partial charge in [-0.1, -0.05) is 155 Å². The van der Waals surface area contributed by atoms with Gasteiger partial charge in [-0.15, -0.1) is 0 Å². The second-order valence-electron chi connectivity index (χ2n) is 10.4.